The number of carbonyl (C=O) groups excluding carboxylic acids is 1. The summed E-state index contributed by atoms with van der Waals surface area (Å²) in [7, 11) is -2.85. The lowest BCUT2D eigenvalue weighted by Crippen LogP contribution is -2.30. The smallest absolute Gasteiger partial charge is 0.407 e. The van der Waals surface area contributed by atoms with Crippen molar-refractivity contribution in [3.05, 3.63) is 0 Å². The van der Waals surface area contributed by atoms with Crippen molar-refractivity contribution in [2.45, 2.75) is 19.8 Å². The molecular formula is C9H17NO4S. The van der Waals surface area contributed by atoms with Crippen molar-refractivity contribution in [2.75, 3.05) is 24.7 Å². The molecule has 0 spiro atoms. The minimum Gasteiger partial charge on any atom is -0.450 e. The summed E-state index contributed by atoms with van der Waals surface area (Å²) in [6.45, 7) is 2.70. The number of amides is 1. The molecule has 0 bridgehead atoms. The van der Waals surface area contributed by atoms with Gasteiger partial charge in [0.15, 0.2) is 9.84 Å². The normalized spacial score (nSPS) is 23.7. The zero-order valence-corrected chi connectivity index (χ0v) is 9.68. The summed E-state index contributed by atoms with van der Waals surface area (Å²) in [6.07, 6.45) is 0.961. The molecule has 1 rings (SSSR count). The van der Waals surface area contributed by atoms with Gasteiger partial charge in [-0.2, -0.15) is 0 Å². The van der Waals surface area contributed by atoms with Gasteiger partial charge in [-0.1, -0.05) is 6.92 Å². The fourth-order valence-corrected chi connectivity index (χ4v) is 3.37. The van der Waals surface area contributed by atoms with Crippen molar-refractivity contribution in [1.29, 1.82) is 0 Å². The zero-order chi connectivity index (χ0) is 11.3. The Balaban J connectivity index is 2.18. The molecule has 1 amide bonds. The minimum absolute atomic E-state index is 0.0455. The van der Waals surface area contributed by atoms with E-state index < -0.39 is 15.9 Å². The topological polar surface area (TPSA) is 72.5 Å². The minimum atomic E-state index is -2.85. The van der Waals surface area contributed by atoms with Gasteiger partial charge in [0, 0.05) is 6.54 Å². The lowest BCUT2D eigenvalue weighted by Gasteiger charge is -2.09. The van der Waals surface area contributed by atoms with E-state index in [1.807, 2.05) is 6.92 Å². The first-order valence-corrected chi connectivity index (χ1v) is 6.96. The molecule has 1 N–H and O–H groups in total. The van der Waals surface area contributed by atoms with Gasteiger partial charge >= 0.3 is 6.09 Å². The number of sulfone groups is 1. The third-order valence-electron chi connectivity index (χ3n) is 2.30. The molecule has 6 heteroatoms. The highest BCUT2D eigenvalue weighted by Gasteiger charge is 2.27. The van der Waals surface area contributed by atoms with Crippen molar-refractivity contribution in [3.63, 3.8) is 0 Å². The maximum absolute atomic E-state index is 11.1. The Bertz CT molecular complexity index is 312. The lowest BCUT2D eigenvalue weighted by atomic mass is 10.1. The van der Waals surface area contributed by atoms with E-state index in [1.54, 1.807) is 0 Å². The van der Waals surface area contributed by atoms with Gasteiger partial charge in [0.2, 0.25) is 0 Å². The maximum Gasteiger partial charge on any atom is 0.407 e. The first kappa shape index (κ1) is 12.3. The monoisotopic (exact) mass is 235 g/mol. The van der Waals surface area contributed by atoms with Crippen molar-refractivity contribution in [1.82, 2.24) is 5.32 Å². The number of hydrogen-bond acceptors (Lipinski definition) is 4. The molecule has 0 radical (unpaired) electrons. The van der Waals surface area contributed by atoms with E-state index >= 15 is 0 Å². The Morgan fingerprint density at radius 3 is 2.80 bits per heavy atom. The molecule has 0 unspecified atom stereocenters. The van der Waals surface area contributed by atoms with Crippen LogP contribution >= 0.6 is 0 Å². The second-order valence-electron chi connectivity index (χ2n) is 3.79. The number of carbonyl (C=O) groups is 1. The number of ether oxygens (including phenoxy) is 1. The van der Waals surface area contributed by atoms with Gasteiger partial charge in [0.1, 0.15) is 0 Å². The van der Waals surface area contributed by atoms with Crippen molar-refractivity contribution >= 4 is 15.9 Å². The van der Waals surface area contributed by atoms with E-state index in [0.717, 1.165) is 6.42 Å². The van der Waals surface area contributed by atoms with E-state index in [1.165, 1.54) is 0 Å². The van der Waals surface area contributed by atoms with Crippen molar-refractivity contribution in [2.24, 2.45) is 5.92 Å². The van der Waals surface area contributed by atoms with Crippen molar-refractivity contribution in [3.8, 4) is 0 Å². The largest absolute Gasteiger partial charge is 0.450 e. The highest BCUT2D eigenvalue weighted by molar-refractivity contribution is 7.91. The van der Waals surface area contributed by atoms with Crippen LogP contribution in [0, 0.1) is 5.92 Å². The summed E-state index contributed by atoms with van der Waals surface area (Å²) in [5.74, 6) is 0.467. The van der Waals surface area contributed by atoms with Crippen LogP contribution in [0.5, 0.6) is 0 Å². The van der Waals surface area contributed by atoms with Crippen LogP contribution in [0.25, 0.3) is 0 Å². The number of nitrogens with one attached hydrogen (secondary N) is 1. The van der Waals surface area contributed by atoms with Crippen molar-refractivity contribution < 1.29 is 17.9 Å². The first-order chi connectivity index (χ1) is 7.03. The molecule has 15 heavy (non-hydrogen) atoms. The molecule has 1 heterocycles. The predicted octanol–water partition coefficient (Wildman–Crippen LogP) is 0.557. The van der Waals surface area contributed by atoms with Gasteiger partial charge in [-0.3, -0.25) is 0 Å². The van der Waals surface area contributed by atoms with Gasteiger partial charge in [0.25, 0.3) is 0 Å². The van der Waals surface area contributed by atoms with Crippen LogP contribution in [0.3, 0.4) is 0 Å². The Labute approximate surface area is 90.1 Å². The molecule has 1 aliphatic rings. The Hall–Kier alpha value is -0.780. The fraction of sp³-hybridized carbons (Fsp3) is 0.889. The Morgan fingerprint density at radius 1 is 1.53 bits per heavy atom. The molecule has 0 saturated carbocycles. The van der Waals surface area contributed by atoms with Gasteiger partial charge in [-0.25, -0.2) is 13.2 Å². The summed E-state index contributed by atoms with van der Waals surface area (Å²) >= 11 is 0. The predicted molar refractivity (Wildman–Crippen MR) is 56.4 cm³/mol. The Morgan fingerprint density at radius 2 is 2.27 bits per heavy atom. The Kier molecular flexibility index (Phi) is 4.38. The second-order valence-corrected chi connectivity index (χ2v) is 6.01. The molecule has 0 aromatic heterocycles. The molecule has 0 aromatic rings. The number of alkyl carbamates (subject to hydrolysis) is 1. The van der Waals surface area contributed by atoms with Crippen LogP contribution in [0.4, 0.5) is 4.79 Å². The van der Waals surface area contributed by atoms with Crippen LogP contribution in [-0.4, -0.2) is 39.2 Å². The molecule has 0 aromatic carbocycles. The highest BCUT2D eigenvalue weighted by atomic mass is 32.2. The second kappa shape index (κ2) is 5.34. The van der Waals surface area contributed by atoms with Crippen LogP contribution in [0.2, 0.25) is 0 Å². The molecule has 1 saturated heterocycles. The molecule has 0 aliphatic carbocycles. The lowest BCUT2D eigenvalue weighted by molar-refractivity contribution is 0.145. The maximum atomic E-state index is 11.1. The summed E-state index contributed by atoms with van der Waals surface area (Å²) in [5.41, 5.74) is 0. The SMILES string of the molecule is CCCOC(=O)NC[C@@H]1CCS(=O)(=O)C1. The summed E-state index contributed by atoms with van der Waals surface area (Å²) in [6, 6.07) is 0. The van der Waals surface area contributed by atoms with E-state index in [-0.39, 0.29) is 17.4 Å². The van der Waals surface area contributed by atoms with Crippen LogP contribution in [0.1, 0.15) is 19.8 Å². The molecule has 1 aliphatic heterocycles. The van der Waals surface area contributed by atoms with Crippen LogP contribution < -0.4 is 5.32 Å². The quantitative estimate of drug-likeness (QED) is 0.772. The number of rotatable bonds is 4. The van der Waals surface area contributed by atoms with E-state index in [9.17, 15) is 13.2 Å². The van der Waals surface area contributed by atoms with Gasteiger partial charge in [-0.15, -0.1) is 0 Å². The van der Waals surface area contributed by atoms with E-state index in [2.05, 4.69) is 5.32 Å². The van der Waals surface area contributed by atoms with E-state index in [0.29, 0.717) is 19.6 Å². The zero-order valence-electron chi connectivity index (χ0n) is 8.86. The third kappa shape index (κ3) is 4.51. The van der Waals surface area contributed by atoms with Crippen LogP contribution in [-0.2, 0) is 14.6 Å². The van der Waals surface area contributed by atoms with Gasteiger partial charge in [-0.05, 0) is 18.8 Å². The molecule has 5 nitrogen and oxygen atoms in total. The highest BCUT2D eigenvalue weighted by Crippen LogP contribution is 2.17. The first-order valence-electron chi connectivity index (χ1n) is 5.14. The van der Waals surface area contributed by atoms with E-state index in [4.69, 9.17) is 4.74 Å². The fourth-order valence-electron chi connectivity index (χ4n) is 1.51. The summed E-state index contributed by atoms with van der Waals surface area (Å²) < 4.78 is 27.0. The van der Waals surface area contributed by atoms with Gasteiger partial charge in [0.05, 0.1) is 18.1 Å². The van der Waals surface area contributed by atoms with Crippen LogP contribution in [0.15, 0.2) is 0 Å². The molecule has 1 atom stereocenters. The molecular weight excluding hydrogens is 218 g/mol. The summed E-state index contributed by atoms with van der Waals surface area (Å²) in [5, 5.41) is 2.57. The molecule has 1 fully saturated rings. The average molecular weight is 235 g/mol. The van der Waals surface area contributed by atoms with Gasteiger partial charge < -0.3 is 10.1 Å². The number of hydrogen-bond donors (Lipinski definition) is 1. The average Bonchev–Trinajstić information content (AvgIpc) is 2.52. The molecule has 88 valence electrons. The summed E-state index contributed by atoms with van der Waals surface area (Å²) in [4.78, 5) is 11.0. The standard InChI is InChI=1S/C9H17NO4S/c1-2-4-14-9(11)10-6-8-3-5-15(12,13)7-8/h8H,2-7H2,1H3,(H,10,11)/t8-/m0/s1. The third-order valence-corrected chi connectivity index (χ3v) is 4.14.